The highest BCUT2D eigenvalue weighted by molar-refractivity contribution is 4.87. The molecule has 2 nitrogen and oxygen atoms in total. The summed E-state index contributed by atoms with van der Waals surface area (Å²) < 4.78 is 0. The molecule has 1 aliphatic rings. The topological polar surface area (TPSA) is 23.5 Å². The predicted octanol–water partition coefficient (Wildman–Crippen LogP) is 3.05. The molecule has 0 amide bonds. The van der Waals surface area contributed by atoms with Crippen LogP contribution in [-0.4, -0.2) is 35.2 Å². The summed E-state index contributed by atoms with van der Waals surface area (Å²) in [7, 11) is 2.25. The van der Waals surface area contributed by atoms with Crippen molar-refractivity contribution in [2.24, 2.45) is 5.92 Å². The second kappa shape index (κ2) is 6.61. The average Bonchev–Trinajstić information content (AvgIpc) is 2.30. The molecule has 96 valence electrons. The summed E-state index contributed by atoms with van der Waals surface area (Å²) in [5.74, 6) is 0.786. The Morgan fingerprint density at radius 1 is 1.19 bits per heavy atom. The van der Waals surface area contributed by atoms with Crippen molar-refractivity contribution < 1.29 is 5.11 Å². The van der Waals surface area contributed by atoms with Gasteiger partial charge in [-0.05, 0) is 45.1 Å². The van der Waals surface area contributed by atoms with Gasteiger partial charge in [-0.1, -0.05) is 27.2 Å². The molecule has 0 aromatic rings. The maximum absolute atomic E-state index is 9.84. The van der Waals surface area contributed by atoms with E-state index in [1.165, 1.54) is 25.7 Å². The van der Waals surface area contributed by atoms with E-state index in [9.17, 15) is 5.11 Å². The molecule has 0 heterocycles. The van der Waals surface area contributed by atoms with Crippen molar-refractivity contribution in [3.05, 3.63) is 0 Å². The SMILES string of the molecule is CCC1CCC(O)CC1N(C)C(CC)CC. The van der Waals surface area contributed by atoms with Crippen LogP contribution in [0.4, 0.5) is 0 Å². The molecule has 1 aliphatic carbocycles. The molecule has 16 heavy (non-hydrogen) atoms. The third-order valence-electron chi connectivity index (χ3n) is 4.49. The lowest BCUT2D eigenvalue weighted by atomic mass is 9.80. The zero-order valence-electron chi connectivity index (χ0n) is 11.4. The molecular formula is C14H29NO. The van der Waals surface area contributed by atoms with Gasteiger partial charge >= 0.3 is 0 Å². The van der Waals surface area contributed by atoms with Crippen molar-refractivity contribution in [3.8, 4) is 0 Å². The van der Waals surface area contributed by atoms with Crippen LogP contribution in [0.2, 0.25) is 0 Å². The highest BCUT2D eigenvalue weighted by atomic mass is 16.3. The Morgan fingerprint density at radius 2 is 1.81 bits per heavy atom. The maximum Gasteiger partial charge on any atom is 0.0555 e. The van der Waals surface area contributed by atoms with E-state index in [0.29, 0.717) is 12.1 Å². The third-order valence-corrected chi connectivity index (χ3v) is 4.49. The number of hydrogen-bond donors (Lipinski definition) is 1. The summed E-state index contributed by atoms with van der Waals surface area (Å²) in [6.45, 7) is 6.83. The molecule has 0 radical (unpaired) electrons. The van der Waals surface area contributed by atoms with Gasteiger partial charge in [-0.15, -0.1) is 0 Å². The number of nitrogens with zero attached hydrogens (tertiary/aromatic N) is 1. The molecule has 0 aromatic heterocycles. The second-order valence-corrected chi connectivity index (χ2v) is 5.34. The highest BCUT2D eigenvalue weighted by Gasteiger charge is 2.32. The fourth-order valence-electron chi connectivity index (χ4n) is 3.30. The van der Waals surface area contributed by atoms with Crippen molar-refractivity contribution in [2.75, 3.05) is 7.05 Å². The van der Waals surface area contributed by atoms with Crippen LogP contribution in [0.15, 0.2) is 0 Å². The molecule has 1 N–H and O–H groups in total. The van der Waals surface area contributed by atoms with Gasteiger partial charge in [0.1, 0.15) is 0 Å². The highest BCUT2D eigenvalue weighted by Crippen LogP contribution is 2.32. The fraction of sp³-hybridized carbons (Fsp3) is 1.00. The molecule has 0 aliphatic heterocycles. The molecule has 0 bridgehead atoms. The number of rotatable bonds is 5. The van der Waals surface area contributed by atoms with Crippen molar-refractivity contribution in [3.63, 3.8) is 0 Å². The quantitative estimate of drug-likeness (QED) is 0.780. The van der Waals surface area contributed by atoms with Crippen LogP contribution < -0.4 is 0 Å². The van der Waals surface area contributed by atoms with E-state index in [0.717, 1.165) is 18.8 Å². The summed E-state index contributed by atoms with van der Waals surface area (Å²) in [5, 5.41) is 9.84. The minimum absolute atomic E-state index is 0.0652. The Morgan fingerprint density at radius 3 is 2.31 bits per heavy atom. The summed E-state index contributed by atoms with van der Waals surface area (Å²) in [6.07, 6.45) is 6.81. The molecule has 3 unspecified atom stereocenters. The summed E-state index contributed by atoms with van der Waals surface area (Å²) in [5.41, 5.74) is 0. The van der Waals surface area contributed by atoms with Gasteiger partial charge in [0.2, 0.25) is 0 Å². The van der Waals surface area contributed by atoms with Gasteiger partial charge < -0.3 is 10.0 Å². The molecule has 0 aromatic carbocycles. The first-order chi connectivity index (χ1) is 7.63. The predicted molar refractivity (Wildman–Crippen MR) is 69.6 cm³/mol. The first-order valence-electron chi connectivity index (χ1n) is 7.03. The van der Waals surface area contributed by atoms with Crippen molar-refractivity contribution in [2.45, 2.75) is 77.5 Å². The van der Waals surface area contributed by atoms with E-state index < -0.39 is 0 Å². The standard InChI is InChI=1S/C14H29NO/c1-5-11-8-9-13(16)10-14(11)15(4)12(6-2)7-3/h11-14,16H,5-10H2,1-4H3. The molecule has 2 heteroatoms. The average molecular weight is 227 g/mol. The van der Waals surface area contributed by atoms with Gasteiger partial charge in [0.25, 0.3) is 0 Å². The lowest BCUT2D eigenvalue weighted by molar-refractivity contribution is 0.0173. The molecule has 1 saturated carbocycles. The molecular weight excluding hydrogens is 198 g/mol. The Hall–Kier alpha value is -0.0800. The van der Waals surface area contributed by atoms with Crippen LogP contribution in [0.25, 0.3) is 0 Å². The zero-order chi connectivity index (χ0) is 12.1. The van der Waals surface area contributed by atoms with Crippen molar-refractivity contribution in [1.29, 1.82) is 0 Å². The van der Waals surface area contributed by atoms with Crippen LogP contribution in [0.1, 0.15) is 59.3 Å². The van der Waals surface area contributed by atoms with Gasteiger partial charge in [0.15, 0.2) is 0 Å². The lowest BCUT2D eigenvalue weighted by Gasteiger charge is -2.43. The molecule has 3 atom stereocenters. The van der Waals surface area contributed by atoms with Crippen LogP contribution >= 0.6 is 0 Å². The van der Waals surface area contributed by atoms with Gasteiger partial charge in [0.05, 0.1) is 6.10 Å². The lowest BCUT2D eigenvalue weighted by Crippen LogP contribution is -2.47. The van der Waals surface area contributed by atoms with Crippen LogP contribution in [0.5, 0.6) is 0 Å². The third kappa shape index (κ3) is 3.21. The van der Waals surface area contributed by atoms with Crippen LogP contribution in [0.3, 0.4) is 0 Å². The van der Waals surface area contributed by atoms with E-state index in [1.807, 2.05) is 0 Å². The largest absolute Gasteiger partial charge is 0.393 e. The zero-order valence-corrected chi connectivity index (χ0v) is 11.4. The number of hydrogen-bond acceptors (Lipinski definition) is 2. The van der Waals surface area contributed by atoms with E-state index in [1.54, 1.807) is 0 Å². The fourth-order valence-corrected chi connectivity index (χ4v) is 3.30. The van der Waals surface area contributed by atoms with Crippen LogP contribution in [-0.2, 0) is 0 Å². The van der Waals surface area contributed by atoms with Gasteiger partial charge in [-0.3, -0.25) is 0 Å². The van der Waals surface area contributed by atoms with Crippen molar-refractivity contribution >= 4 is 0 Å². The number of aliphatic hydroxyl groups excluding tert-OH is 1. The van der Waals surface area contributed by atoms with Gasteiger partial charge in [-0.2, -0.15) is 0 Å². The Balaban J connectivity index is 2.65. The molecule has 1 rings (SSSR count). The molecule has 1 fully saturated rings. The summed E-state index contributed by atoms with van der Waals surface area (Å²) in [6, 6.07) is 1.28. The maximum atomic E-state index is 9.84. The summed E-state index contributed by atoms with van der Waals surface area (Å²) >= 11 is 0. The first-order valence-corrected chi connectivity index (χ1v) is 7.03. The van der Waals surface area contributed by atoms with E-state index in [-0.39, 0.29) is 6.10 Å². The monoisotopic (exact) mass is 227 g/mol. The van der Waals surface area contributed by atoms with E-state index in [2.05, 4.69) is 32.7 Å². The minimum atomic E-state index is -0.0652. The smallest absolute Gasteiger partial charge is 0.0555 e. The second-order valence-electron chi connectivity index (χ2n) is 5.34. The minimum Gasteiger partial charge on any atom is -0.393 e. The van der Waals surface area contributed by atoms with E-state index in [4.69, 9.17) is 0 Å². The number of aliphatic hydroxyl groups is 1. The summed E-state index contributed by atoms with van der Waals surface area (Å²) in [4.78, 5) is 2.54. The van der Waals surface area contributed by atoms with E-state index >= 15 is 0 Å². The van der Waals surface area contributed by atoms with Crippen molar-refractivity contribution in [1.82, 2.24) is 4.90 Å². The first kappa shape index (κ1) is 14.0. The normalized spacial score (nSPS) is 31.3. The van der Waals surface area contributed by atoms with Gasteiger partial charge in [-0.25, -0.2) is 0 Å². The molecule has 0 saturated heterocycles. The van der Waals surface area contributed by atoms with Gasteiger partial charge in [0, 0.05) is 12.1 Å². The van der Waals surface area contributed by atoms with Crippen LogP contribution in [0, 0.1) is 5.92 Å². The Kier molecular flexibility index (Phi) is 5.77. The Labute approximate surface area is 101 Å². The Bertz CT molecular complexity index is 191. The molecule has 0 spiro atoms.